The van der Waals surface area contributed by atoms with Crippen LogP contribution < -0.4 is 10.7 Å². The standard InChI is InChI=1S/C32H28F3N3O4S/c33-32(34,35)27-17-15-26(16-18-27)29(39)37-38(19-22-11-13-25(14-12-22)24-9-5-2-6-10-24)31(42)36-28(30(40)41)21-43-20-23-7-3-1-4-8-23/h1-18,28H,19-21H2,(H,36,42)(H,37,39)(H,40,41)/t28-/m0/s1. The fourth-order valence-electron chi connectivity index (χ4n) is 4.05. The maximum absolute atomic E-state index is 13.3. The van der Waals surface area contributed by atoms with Crippen molar-refractivity contribution in [3.63, 3.8) is 0 Å². The van der Waals surface area contributed by atoms with Gasteiger partial charge in [-0.15, -0.1) is 0 Å². The van der Waals surface area contributed by atoms with E-state index in [1.807, 2.05) is 72.8 Å². The number of halogens is 3. The number of alkyl halides is 3. The summed E-state index contributed by atoms with van der Waals surface area (Å²) >= 11 is 1.32. The number of hydrogen-bond donors (Lipinski definition) is 3. The minimum Gasteiger partial charge on any atom is -0.480 e. The van der Waals surface area contributed by atoms with Crippen LogP contribution in [0.1, 0.15) is 27.0 Å². The second-order valence-electron chi connectivity index (χ2n) is 9.51. The van der Waals surface area contributed by atoms with E-state index >= 15 is 0 Å². The van der Waals surface area contributed by atoms with Gasteiger partial charge in [0.15, 0.2) is 0 Å². The van der Waals surface area contributed by atoms with Gasteiger partial charge in [0.05, 0.1) is 12.1 Å². The van der Waals surface area contributed by atoms with Crippen molar-refractivity contribution in [3.8, 4) is 11.1 Å². The van der Waals surface area contributed by atoms with Crippen molar-refractivity contribution in [3.05, 3.63) is 131 Å². The Bertz CT molecular complexity index is 1520. The van der Waals surface area contributed by atoms with Gasteiger partial charge in [-0.1, -0.05) is 84.9 Å². The van der Waals surface area contributed by atoms with E-state index in [0.29, 0.717) is 11.3 Å². The SMILES string of the molecule is O=C(NN(Cc1ccc(-c2ccccc2)cc1)C(=O)N[C@@H](CSCc1ccccc1)C(=O)O)c1ccc(C(F)(F)F)cc1. The largest absolute Gasteiger partial charge is 0.480 e. The van der Waals surface area contributed by atoms with Crippen LogP contribution in [-0.4, -0.2) is 39.8 Å². The molecule has 1 atom stereocenters. The van der Waals surface area contributed by atoms with Gasteiger partial charge in [-0.25, -0.2) is 14.6 Å². The highest BCUT2D eigenvalue weighted by Crippen LogP contribution is 2.29. The van der Waals surface area contributed by atoms with Crippen molar-refractivity contribution in [2.45, 2.75) is 24.5 Å². The van der Waals surface area contributed by atoms with E-state index in [0.717, 1.165) is 46.0 Å². The molecule has 0 aliphatic rings. The third kappa shape index (κ3) is 9.11. The van der Waals surface area contributed by atoms with Crippen LogP contribution in [0.3, 0.4) is 0 Å². The predicted molar refractivity (Wildman–Crippen MR) is 159 cm³/mol. The molecule has 0 aliphatic heterocycles. The summed E-state index contributed by atoms with van der Waals surface area (Å²) in [5.41, 5.74) is 4.90. The molecular formula is C32H28F3N3O4S. The predicted octanol–water partition coefficient (Wildman–Crippen LogP) is 6.62. The molecule has 222 valence electrons. The molecule has 7 nitrogen and oxygen atoms in total. The maximum atomic E-state index is 13.3. The van der Waals surface area contributed by atoms with Crippen molar-refractivity contribution >= 4 is 29.7 Å². The monoisotopic (exact) mass is 607 g/mol. The van der Waals surface area contributed by atoms with Gasteiger partial charge in [0.25, 0.3) is 5.91 Å². The molecule has 4 aromatic rings. The van der Waals surface area contributed by atoms with Crippen LogP contribution in [0, 0.1) is 0 Å². The quantitative estimate of drug-likeness (QED) is 0.176. The second-order valence-corrected chi connectivity index (χ2v) is 10.5. The lowest BCUT2D eigenvalue weighted by Crippen LogP contribution is -2.54. The Labute approximate surface area is 250 Å². The first kappa shape index (κ1) is 31.2. The smallest absolute Gasteiger partial charge is 0.416 e. The summed E-state index contributed by atoms with van der Waals surface area (Å²) in [5.74, 6) is -1.50. The number of benzene rings is 4. The van der Waals surface area contributed by atoms with Gasteiger partial charge in [0.1, 0.15) is 6.04 Å². The number of carbonyl (C=O) groups is 3. The highest BCUT2D eigenvalue weighted by molar-refractivity contribution is 7.98. The van der Waals surface area contributed by atoms with Gasteiger partial charge in [0, 0.05) is 17.1 Å². The summed E-state index contributed by atoms with van der Waals surface area (Å²) in [7, 11) is 0. The molecule has 3 N–H and O–H groups in total. The minimum absolute atomic E-state index is 0.0580. The molecule has 0 saturated heterocycles. The molecule has 11 heteroatoms. The number of rotatable bonds is 10. The highest BCUT2D eigenvalue weighted by Gasteiger charge is 2.30. The molecule has 4 rings (SSSR count). The highest BCUT2D eigenvalue weighted by atomic mass is 32.2. The summed E-state index contributed by atoms with van der Waals surface area (Å²) in [6.45, 7) is -0.142. The average Bonchev–Trinajstić information content (AvgIpc) is 3.01. The number of nitrogens with one attached hydrogen (secondary N) is 2. The average molecular weight is 608 g/mol. The summed E-state index contributed by atoms with van der Waals surface area (Å²) in [4.78, 5) is 38.2. The van der Waals surface area contributed by atoms with E-state index in [-0.39, 0.29) is 17.9 Å². The van der Waals surface area contributed by atoms with E-state index < -0.39 is 35.7 Å². The van der Waals surface area contributed by atoms with Gasteiger partial charge in [-0.05, 0) is 46.5 Å². The van der Waals surface area contributed by atoms with Gasteiger partial charge >= 0.3 is 18.2 Å². The number of urea groups is 1. The zero-order chi connectivity index (χ0) is 30.8. The number of amides is 3. The number of nitrogens with zero attached hydrogens (tertiary/aromatic N) is 1. The molecule has 0 aliphatic carbocycles. The molecule has 0 aromatic heterocycles. The molecule has 0 fully saturated rings. The van der Waals surface area contributed by atoms with Gasteiger partial charge < -0.3 is 10.4 Å². The van der Waals surface area contributed by atoms with Crippen LogP contribution in [0.25, 0.3) is 11.1 Å². The zero-order valence-corrected chi connectivity index (χ0v) is 23.6. The van der Waals surface area contributed by atoms with Gasteiger partial charge in [-0.2, -0.15) is 24.9 Å². The number of aliphatic carboxylic acids is 1. The normalized spacial score (nSPS) is 11.8. The number of carboxylic acids is 1. The van der Waals surface area contributed by atoms with Crippen molar-refractivity contribution in [1.82, 2.24) is 15.8 Å². The third-order valence-corrected chi connectivity index (χ3v) is 7.46. The molecule has 0 unspecified atom stereocenters. The summed E-state index contributed by atoms with van der Waals surface area (Å²) in [5, 5.41) is 13.1. The summed E-state index contributed by atoms with van der Waals surface area (Å²) < 4.78 is 38.9. The molecule has 43 heavy (non-hydrogen) atoms. The fraction of sp³-hybridized carbons (Fsp3) is 0.156. The number of hydrogen-bond acceptors (Lipinski definition) is 4. The minimum atomic E-state index is -4.57. The van der Waals surface area contributed by atoms with Crippen molar-refractivity contribution in [2.75, 3.05) is 5.75 Å². The lowest BCUT2D eigenvalue weighted by Gasteiger charge is -2.26. The van der Waals surface area contributed by atoms with Crippen molar-refractivity contribution in [1.29, 1.82) is 0 Å². The summed E-state index contributed by atoms with van der Waals surface area (Å²) in [6.07, 6.45) is -4.57. The van der Waals surface area contributed by atoms with Crippen LogP contribution in [0.4, 0.5) is 18.0 Å². The van der Waals surface area contributed by atoms with Crippen LogP contribution in [0.5, 0.6) is 0 Å². The third-order valence-electron chi connectivity index (χ3n) is 6.35. The van der Waals surface area contributed by atoms with Crippen molar-refractivity contribution < 1.29 is 32.7 Å². The molecule has 0 heterocycles. The van der Waals surface area contributed by atoms with Crippen LogP contribution in [-0.2, 0) is 23.3 Å². The first-order valence-corrected chi connectivity index (χ1v) is 14.3. The van der Waals surface area contributed by atoms with Crippen LogP contribution in [0.15, 0.2) is 109 Å². The van der Waals surface area contributed by atoms with E-state index in [2.05, 4.69) is 10.7 Å². The molecule has 3 amide bonds. The Morgan fingerprint density at radius 1 is 0.767 bits per heavy atom. The number of carbonyl (C=O) groups excluding carboxylic acids is 2. The lowest BCUT2D eigenvalue weighted by atomic mass is 10.0. The Balaban J connectivity index is 1.49. The second kappa shape index (κ2) is 14.4. The Morgan fingerprint density at radius 2 is 1.35 bits per heavy atom. The summed E-state index contributed by atoms with van der Waals surface area (Å²) in [6, 6.07) is 27.6. The first-order valence-electron chi connectivity index (χ1n) is 13.2. The molecule has 0 spiro atoms. The molecule has 4 aromatic carbocycles. The van der Waals surface area contributed by atoms with E-state index in [1.165, 1.54) is 11.8 Å². The Kier molecular flexibility index (Phi) is 10.4. The lowest BCUT2D eigenvalue weighted by molar-refractivity contribution is -0.139. The molecule has 0 bridgehead atoms. The molecule has 0 radical (unpaired) electrons. The topological polar surface area (TPSA) is 98.7 Å². The number of hydrazine groups is 1. The van der Waals surface area contributed by atoms with Gasteiger partial charge in [0.2, 0.25) is 0 Å². The fourth-order valence-corrected chi connectivity index (χ4v) is 5.05. The number of thioether (sulfide) groups is 1. The number of carboxylic acid groups (broad SMARTS) is 1. The zero-order valence-electron chi connectivity index (χ0n) is 22.8. The Hall–Kier alpha value is -4.77. The Morgan fingerprint density at radius 3 is 1.93 bits per heavy atom. The first-order chi connectivity index (χ1) is 20.6. The maximum Gasteiger partial charge on any atom is 0.416 e. The van der Waals surface area contributed by atoms with E-state index in [4.69, 9.17) is 0 Å². The van der Waals surface area contributed by atoms with Crippen LogP contribution in [0.2, 0.25) is 0 Å². The van der Waals surface area contributed by atoms with Gasteiger partial charge in [-0.3, -0.25) is 10.2 Å². The van der Waals surface area contributed by atoms with Crippen LogP contribution >= 0.6 is 11.8 Å². The molecular weight excluding hydrogens is 579 g/mol. The van der Waals surface area contributed by atoms with Crippen molar-refractivity contribution in [2.24, 2.45) is 0 Å². The molecule has 0 saturated carbocycles. The van der Waals surface area contributed by atoms with E-state index in [9.17, 15) is 32.7 Å². The van der Waals surface area contributed by atoms with E-state index in [1.54, 1.807) is 12.1 Å².